The Bertz CT molecular complexity index is 478. The second-order valence-electron chi connectivity index (χ2n) is 8.30. The Morgan fingerprint density at radius 3 is 1.93 bits per heavy atom. The minimum absolute atomic E-state index is 0. The van der Waals surface area contributed by atoms with Crippen LogP contribution in [0, 0.1) is 0 Å². The maximum atomic E-state index is 8.76. The molecule has 0 spiro atoms. The SMILES string of the molecule is C=CCCCCCC[n+]1cccc(CCCCCCCCCCCCCO)c1.[Br-]. The lowest BCUT2D eigenvalue weighted by molar-refractivity contribution is -0.697. The number of nitrogens with zero attached hydrogens (tertiary/aromatic N) is 1. The van der Waals surface area contributed by atoms with Gasteiger partial charge in [0.15, 0.2) is 12.4 Å². The summed E-state index contributed by atoms with van der Waals surface area (Å²) in [7, 11) is 0. The molecular weight excluding hydrogens is 422 g/mol. The van der Waals surface area contributed by atoms with Gasteiger partial charge in [0.05, 0.1) is 0 Å². The van der Waals surface area contributed by atoms with E-state index >= 15 is 0 Å². The van der Waals surface area contributed by atoms with Crippen LogP contribution in [0.15, 0.2) is 37.2 Å². The minimum Gasteiger partial charge on any atom is -1.00 e. The van der Waals surface area contributed by atoms with E-state index in [2.05, 4.69) is 35.7 Å². The number of unbranched alkanes of at least 4 members (excludes halogenated alkanes) is 14. The van der Waals surface area contributed by atoms with Crippen LogP contribution in [-0.2, 0) is 13.0 Å². The molecule has 0 unspecified atom stereocenters. The number of aryl methyl sites for hydroxylation is 2. The predicted octanol–water partition coefficient (Wildman–Crippen LogP) is 3.94. The number of aliphatic hydroxyl groups excluding tert-OH is 1. The van der Waals surface area contributed by atoms with Crippen LogP contribution in [0.4, 0.5) is 0 Å². The second-order valence-corrected chi connectivity index (χ2v) is 8.30. The summed E-state index contributed by atoms with van der Waals surface area (Å²) >= 11 is 0. The van der Waals surface area contributed by atoms with Crippen molar-refractivity contribution in [2.75, 3.05) is 6.61 Å². The van der Waals surface area contributed by atoms with Crippen LogP contribution in [0.1, 0.15) is 108 Å². The molecular formula is C26H46BrNO. The van der Waals surface area contributed by atoms with Gasteiger partial charge in [-0.25, -0.2) is 4.57 Å². The van der Waals surface area contributed by atoms with E-state index in [1.165, 1.54) is 102 Å². The fourth-order valence-electron chi connectivity index (χ4n) is 3.83. The van der Waals surface area contributed by atoms with Gasteiger partial charge in [0.25, 0.3) is 0 Å². The summed E-state index contributed by atoms with van der Waals surface area (Å²) in [4.78, 5) is 0. The van der Waals surface area contributed by atoms with E-state index in [-0.39, 0.29) is 17.0 Å². The van der Waals surface area contributed by atoms with Gasteiger partial charge in [-0.2, -0.15) is 0 Å². The van der Waals surface area contributed by atoms with Gasteiger partial charge in [-0.1, -0.05) is 70.3 Å². The molecule has 1 aromatic heterocycles. The topological polar surface area (TPSA) is 24.1 Å². The molecule has 0 aliphatic rings. The summed E-state index contributed by atoms with van der Waals surface area (Å²) in [6.45, 7) is 5.30. The van der Waals surface area contributed by atoms with Crippen molar-refractivity contribution in [3.63, 3.8) is 0 Å². The lowest BCUT2D eigenvalue weighted by Gasteiger charge is -2.04. The zero-order chi connectivity index (χ0) is 20.1. The molecule has 0 aliphatic heterocycles. The van der Waals surface area contributed by atoms with E-state index < -0.39 is 0 Å². The Balaban J connectivity index is 0.00000784. The second kappa shape index (κ2) is 22.0. The van der Waals surface area contributed by atoms with E-state index in [4.69, 9.17) is 5.11 Å². The molecule has 0 aromatic carbocycles. The maximum absolute atomic E-state index is 8.76. The average molecular weight is 469 g/mol. The van der Waals surface area contributed by atoms with Gasteiger partial charge in [0, 0.05) is 24.7 Å². The van der Waals surface area contributed by atoms with E-state index in [0.717, 1.165) is 19.4 Å². The fraction of sp³-hybridized carbons (Fsp3) is 0.731. The van der Waals surface area contributed by atoms with Crippen LogP contribution < -0.4 is 21.5 Å². The minimum atomic E-state index is 0. The van der Waals surface area contributed by atoms with Crippen molar-refractivity contribution in [1.29, 1.82) is 0 Å². The van der Waals surface area contributed by atoms with Crippen molar-refractivity contribution < 1.29 is 26.7 Å². The van der Waals surface area contributed by atoms with Crippen LogP contribution in [0.3, 0.4) is 0 Å². The van der Waals surface area contributed by atoms with Gasteiger partial charge in [-0.05, 0) is 44.6 Å². The lowest BCUT2D eigenvalue weighted by Crippen LogP contribution is -3.00. The number of rotatable bonds is 20. The van der Waals surface area contributed by atoms with Crippen molar-refractivity contribution in [1.82, 2.24) is 0 Å². The maximum Gasteiger partial charge on any atom is 0.171 e. The first kappa shape index (κ1) is 28.3. The standard InChI is InChI=1S/C26H46NO.BrH/c1-2-3-4-5-14-17-22-27-23-19-21-26(25-27)20-16-13-11-9-7-6-8-10-12-15-18-24-28;/h2,19,21,23,25,28H,1,3-18,20,22,24H2;1H/q+1;/p-1. The third-order valence-corrected chi connectivity index (χ3v) is 5.62. The van der Waals surface area contributed by atoms with Crippen LogP contribution in [-0.4, -0.2) is 11.7 Å². The Morgan fingerprint density at radius 2 is 1.31 bits per heavy atom. The zero-order valence-electron chi connectivity index (χ0n) is 18.8. The molecule has 1 N–H and O–H groups in total. The first-order chi connectivity index (χ1) is 13.9. The number of hydrogen-bond donors (Lipinski definition) is 1. The molecule has 0 fully saturated rings. The Morgan fingerprint density at radius 1 is 0.759 bits per heavy atom. The highest BCUT2D eigenvalue weighted by atomic mass is 79.9. The summed E-state index contributed by atoms with van der Waals surface area (Å²) in [5, 5.41) is 8.76. The van der Waals surface area contributed by atoms with E-state index in [1.807, 2.05) is 6.08 Å². The average Bonchev–Trinajstić information content (AvgIpc) is 2.72. The molecule has 3 heteroatoms. The Hall–Kier alpha value is -0.670. The van der Waals surface area contributed by atoms with Crippen molar-refractivity contribution in [3.8, 4) is 0 Å². The molecule has 0 saturated carbocycles. The van der Waals surface area contributed by atoms with E-state index in [0.29, 0.717) is 6.61 Å². The molecule has 1 heterocycles. The van der Waals surface area contributed by atoms with Gasteiger partial charge in [-0.3, -0.25) is 0 Å². The third kappa shape index (κ3) is 17.9. The van der Waals surface area contributed by atoms with Crippen molar-refractivity contribution >= 4 is 0 Å². The summed E-state index contributed by atoms with van der Waals surface area (Å²) < 4.78 is 2.38. The lowest BCUT2D eigenvalue weighted by atomic mass is 10.0. The predicted molar refractivity (Wildman–Crippen MR) is 121 cm³/mol. The van der Waals surface area contributed by atoms with Crippen LogP contribution in [0.25, 0.3) is 0 Å². The highest BCUT2D eigenvalue weighted by Crippen LogP contribution is 2.12. The number of pyridine rings is 1. The Labute approximate surface area is 191 Å². The van der Waals surface area contributed by atoms with Gasteiger partial charge in [0.2, 0.25) is 0 Å². The third-order valence-electron chi connectivity index (χ3n) is 5.62. The molecule has 1 rings (SSSR count). The summed E-state index contributed by atoms with van der Waals surface area (Å²) in [6.07, 6.45) is 28.7. The number of aliphatic hydroxyl groups is 1. The van der Waals surface area contributed by atoms with Gasteiger partial charge in [-0.15, -0.1) is 6.58 Å². The summed E-state index contributed by atoms with van der Waals surface area (Å²) in [5.74, 6) is 0. The van der Waals surface area contributed by atoms with E-state index in [1.54, 1.807) is 0 Å². The molecule has 1 aromatic rings. The van der Waals surface area contributed by atoms with Crippen molar-refractivity contribution in [2.45, 2.75) is 116 Å². The molecule has 0 atom stereocenters. The van der Waals surface area contributed by atoms with Crippen LogP contribution in [0.5, 0.6) is 0 Å². The first-order valence-electron chi connectivity index (χ1n) is 12.1. The number of aromatic nitrogens is 1. The summed E-state index contributed by atoms with van der Waals surface area (Å²) in [5.41, 5.74) is 1.50. The number of hydrogen-bond acceptors (Lipinski definition) is 1. The van der Waals surface area contributed by atoms with Crippen molar-refractivity contribution in [3.05, 3.63) is 42.7 Å². The molecule has 29 heavy (non-hydrogen) atoms. The monoisotopic (exact) mass is 467 g/mol. The molecule has 0 aliphatic carbocycles. The quantitative estimate of drug-likeness (QED) is 0.175. The molecule has 168 valence electrons. The van der Waals surface area contributed by atoms with Crippen LogP contribution >= 0.6 is 0 Å². The number of halogens is 1. The summed E-state index contributed by atoms with van der Waals surface area (Å²) in [6, 6.07) is 4.50. The van der Waals surface area contributed by atoms with E-state index in [9.17, 15) is 0 Å². The molecule has 0 radical (unpaired) electrons. The first-order valence-corrected chi connectivity index (χ1v) is 12.1. The van der Waals surface area contributed by atoms with Crippen LogP contribution in [0.2, 0.25) is 0 Å². The molecule has 0 saturated heterocycles. The smallest absolute Gasteiger partial charge is 0.171 e. The highest BCUT2D eigenvalue weighted by molar-refractivity contribution is 5.05. The highest BCUT2D eigenvalue weighted by Gasteiger charge is 2.03. The Kier molecular flexibility index (Phi) is 21.5. The number of allylic oxidation sites excluding steroid dienone is 1. The largest absolute Gasteiger partial charge is 1.00 e. The van der Waals surface area contributed by atoms with Crippen molar-refractivity contribution in [2.24, 2.45) is 0 Å². The van der Waals surface area contributed by atoms with Gasteiger partial charge >= 0.3 is 0 Å². The van der Waals surface area contributed by atoms with Gasteiger partial charge < -0.3 is 22.1 Å². The normalized spacial score (nSPS) is 10.7. The molecule has 2 nitrogen and oxygen atoms in total. The zero-order valence-corrected chi connectivity index (χ0v) is 20.4. The molecule has 0 amide bonds. The molecule has 0 bridgehead atoms. The van der Waals surface area contributed by atoms with Gasteiger partial charge in [0.1, 0.15) is 6.54 Å². The fourth-order valence-corrected chi connectivity index (χ4v) is 3.83.